The second-order valence-corrected chi connectivity index (χ2v) is 9.78. The molecule has 1 N–H and O–H groups in total. The number of hydrogen-bond acceptors (Lipinski definition) is 4. The summed E-state index contributed by atoms with van der Waals surface area (Å²) in [7, 11) is 0. The number of nitrogens with one attached hydrogen (secondary N) is 1. The molecule has 188 valence electrons. The van der Waals surface area contributed by atoms with Gasteiger partial charge in [0.05, 0.1) is 12.1 Å². The maximum absolute atomic E-state index is 13.4. The zero-order chi connectivity index (χ0) is 24.7. The molecule has 3 aliphatic heterocycles. The van der Waals surface area contributed by atoms with Crippen LogP contribution in [-0.4, -0.2) is 58.3 Å². The van der Waals surface area contributed by atoms with Crippen molar-refractivity contribution in [3.63, 3.8) is 0 Å². The topological polar surface area (TPSA) is 55.9 Å². The number of hydrogen-bond donors (Lipinski definition) is 1. The molecule has 0 aromatic heterocycles. The number of fused-ring (bicyclic) bond motifs is 1. The van der Waals surface area contributed by atoms with Crippen molar-refractivity contribution in [2.24, 2.45) is 0 Å². The highest BCUT2D eigenvalue weighted by Gasteiger charge is 2.41. The van der Waals surface area contributed by atoms with Gasteiger partial charge in [0.2, 0.25) is 5.91 Å². The normalized spacial score (nSPS) is 24.4. The van der Waals surface area contributed by atoms with E-state index < -0.39 is 0 Å². The van der Waals surface area contributed by atoms with Crippen LogP contribution in [0.5, 0.6) is 0 Å². The van der Waals surface area contributed by atoms with Crippen molar-refractivity contribution in [3.05, 3.63) is 46.6 Å². The lowest BCUT2D eigenvalue weighted by atomic mass is 10.0. The summed E-state index contributed by atoms with van der Waals surface area (Å²) in [4.78, 5) is 30.2. The summed E-state index contributed by atoms with van der Waals surface area (Å²) in [6.45, 7) is 9.87. The molecule has 1 aromatic carbocycles. The lowest BCUT2D eigenvalue weighted by Gasteiger charge is -2.42. The number of piperazine rings is 1. The molecule has 3 atom stereocenters. The van der Waals surface area contributed by atoms with Gasteiger partial charge in [-0.3, -0.25) is 14.6 Å². The first-order chi connectivity index (χ1) is 16.5. The average molecular weight is 489 g/mol. The van der Waals surface area contributed by atoms with Crippen molar-refractivity contribution in [1.29, 1.82) is 0 Å². The van der Waals surface area contributed by atoms with Gasteiger partial charge in [0.25, 0.3) is 5.91 Å². The minimum Gasteiger partial charge on any atom is -0.338 e. The number of hydrazine groups is 1. The van der Waals surface area contributed by atoms with Gasteiger partial charge in [-0.15, -0.1) is 0 Å². The third kappa shape index (κ3) is 6.14. The van der Waals surface area contributed by atoms with Crippen LogP contribution in [0.4, 0.5) is 0 Å². The molecular formula is C27H41ClN4O2. The van der Waals surface area contributed by atoms with E-state index in [1.54, 1.807) is 4.90 Å². The van der Waals surface area contributed by atoms with Crippen LogP contribution in [-0.2, 0) is 9.59 Å². The molecule has 4 rings (SSSR count). The molecule has 0 spiro atoms. The first-order valence-electron chi connectivity index (χ1n) is 13.1. The van der Waals surface area contributed by atoms with Crippen LogP contribution in [0.1, 0.15) is 84.2 Å². The van der Waals surface area contributed by atoms with E-state index in [2.05, 4.69) is 24.3 Å². The van der Waals surface area contributed by atoms with Gasteiger partial charge in [-0.2, -0.15) is 0 Å². The lowest BCUT2D eigenvalue weighted by Crippen LogP contribution is -2.59. The van der Waals surface area contributed by atoms with Crippen LogP contribution < -0.4 is 5.43 Å². The maximum Gasteiger partial charge on any atom is 0.271 e. The molecule has 7 heteroatoms. The van der Waals surface area contributed by atoms with E-state index in [4.69, 9.17) is 11.6 Å². The van der Waals surface area contributed by atoms with Crippen molar-refractivity contribution in [2.75, 3.05) is 19.6 Å². The third-order valence-electron chi connectivity index (χ3n) is 6.98. The minimum absolute atomic E-state index is 0.0567. The Labute approximate surface area is 210 Å². The largest absolute Gasteiger partial charge is 0.338 e. The number of likely N-dealkylation sites (tertiary alicyclic amines) is 1. The van der Waals surface area contributed by atoms with Crippen molar-refractivity contribution >= 4 is 23.4 Å². The summed E-state index contributed by atoms with van der Waals surface area (Å²) in [5.41, 5.74) is 5.27. The van der Waals surface area contributed by atoms with Crippen molar-refractivity contribution in [2.45, 2.75) is 90.8 Å². The monoisotopic (exact) mass is 488 g/mol. The van der Waals surface area contributed by atoms with Crippen LogP contribution in [0.2, 0.25) is 5.02 Å². The summed E-state index contributed by atoms with van der Waals surface area (Å²) in [5, 5.41) is 2.75. The first-order valence-corrected chi connectivity index (χ1v) is 13.5. The fraction of sp³-hybridized carbons (Fsp3) is 0.630. The van der Waals surface area contributed by atoms with E-state index in [0.717, 1.165) is 44.2 Å². The SMILES string of the molecule is CC.CCCCCC1CN(CC(=O)N2CCCC[C@@H]2C)C(=O)C2=CC(c3ccc(Cl)cc3)NN21. The zero-order valence-corrected chi connectivity index (χ0v) is 22.0. The number of amides is 2. The Morgan fingerprint density at radius 1 is 1.15 bits per heavy atom. The number of rotatable bonds is 7. The summed E-state index contributed by atoms with van der Waals surface area (Å²) in [6.07, 6.45) is 9.69. The second kappa shape index (κ2) is 12.6. The third-order valence-corrected chi connectivity index (χ3v) is 7.24. The van der Waals surface area contributed by atoms with Crippen LogP contribution in [0.15, 0.2) is 36.0 Å². The smallest absolute Gasteiger partial charge is 0.271 e. The molecule has 2 saturated heterocycles. The quantitative estimate of drug-likeness (QED) is 0.529. The predicted octanol–water partition coefficient (Wildman–Crippen LogP) is 5.30. The standard InChI is InChI=1S/C25H35ClN4O2.C2H6/c1-3-4-5-9-21-16-28(17-24(31)29-14-7-6-8-18(29)2)25(32)23-15-22(27-30(21)23)19-10-12-20(26)13-11-19;1-2/h10-13,15,18,21-22,27H,3-9,14,16-17H2,1-2H3;1-2H3/t18-,21?,22?;/m0./s1. The Morgan fingerprint density at radius 2 is 1.88 bits per heavy atom. The Kier molecular flexibility index (Phi) is 9.84. The molecule has 2 fully saturated rings. The van der Waals surface area contributed by atoms with Gasteiger partial charge < -0.3 is 9.80 Å². The van der Waals surface area contributed by atoms with Gasteiger partial charge in [-0.1, -0.05) is 63.8 Å². The number of unbranched alkanes of at least 4 members (excludes halogenated alkanes) is 2. The van der Waals surface area contributed by atoms with Gasteiger partial charge in [0.1, 0.15) is 12.2 Å². The number of nitrogens with zero attached hydrogens (tertiary/aromatic N) is 3. The van der Waals surface area contributed by atoms with E-state index in [1.807, 2.05) is 49.1 Å². The van der Waals surface area contributed by atoms with E-state index >= 15 is 0 Å². The molecule has 0 radical (unpaired) electrons. The zero-order valence-electron chi connectivity index (χ0n) is 21.2. The fourth-order valence-electron chi connectivity index (χ4n) is 5.10. The van der Waals surface area contributed by atoms with Crippen molar-refractivity contribution in [1.82, 2.24) is 20.2 Å². The van der Waals surface area contributed by atoms with E-state index in [0.29, 0.717) is 17.3 Å². The molecule has 3 aliphatic rings. The highest BCUT2D eigenvalue weighted by molar-refractivity contribution is 6.30. The minimum atomic E-state index is -0.0716. The number of carbonyl (C=O) groups excluding carboxylic acids is 2. The predicted molar refractivity (Wildman–Crippen MR) is 138 cm³/mol. The van der Waals surface area contributed by atoms with Crippen molar-refractivity contribution in [3.8, 4) is 0 Å². The first kappa shape index (κ1) is 26.6. The Balaban J connectivity index is 0.00000158. The summed E-state index contributed by atoms with van der Waals surface area (Å²) >= 11 is 6.06. The highest BCUT2D eigenvalue weighted by atomic mass is 35.5. The van der Waals surface area contributed by atoms with Gasteiger partial charge in [-0.05, 0) is 56.4 Å². The van der Waals surface area contributed by atoms with Crippen LogP contribution >= 0.6 is 11.6 Å². The molecule has 0 bridgehead atoms. The molecule has 34 heavy (non-hydrogen) atoms. The molecule has 1 aromatic rings. The molecule has 2 amide bonds. The fourth-order valence-corrected chi connectivity index (χ4v) is 5.23. The average Bonchev–Trinajstić information content (AvgIpc) is 3.30. The van der Waals surface area contributed by atoms with Crippen LogP contribution in [0.25, 0.3) is 0 Å². The van der Waals surface area contributed by atoms with Gasteiger partial charge in [-0.25, -0.2) is 5.43 Å². The summed E-state index contributed by atoms with van der Waals surface area (Å²) < 4.78 is 0. The lowest BCUT2D eigenvalue weighted by molar-refractivity contribution is -0.144. The van der Waals surface area contributed by atoms with E-state index in [-0.39, 0.29) is 36.5 Å². The van der Waals surface area contributed by atoms with Crippen LogP contribution in [0.3, 0.4) is 0 Å². The number of carbonyl (C=O) groups is 2. The number of halogens is 1. The molecule has 3 heterocycles. The summed E-state index contributed by atoms with van der Waals surface area (Å²) in [6, 6.07) is 8.08. The summed E-state index contributed by atoms with van der Waals surface area (Å²) in [5.74, 6) is 0.0193. The molecule has 0 aliphatic carbocycles. The Hall–Kier alpha value is -2.05. The van der Waals surface area contributed by atoms with Gasteiger partial charge in [0, 0.05) is 24.2 Å². The molecule has 6 nitrogen and oxygen atoms in total. The van der Waals surface area contributed by atoms with E-state index in [9.17, 15) is 9.59 Å². The van der Waals surface area contributed by atoms with Gasteiger partial charge >= 0.3 is 0 Å². The van der Waals surface area contributed by atoms with Crippen LogP contribution in [0, 0.1) is 0 Å². The Morgan fingerprint density at radius 3 is 2.56 bits per heavy atom. The van der Waals surface area contributed by atoms with Gasteiger partial charge in [0.15, 0.2) is 0 Å². The van der Waals surface area contributed by atoms with Crippen molar-refractivity contribution < 1.29 is 9.59 Å². The molecular weight excluding hydrogens is 448 g/mol. The molecule has 2 unspecified atom stereocenters. The second-order valence-electron chi connectivity index (χ2n) is 9.35. The maximum atomic E-state index is 13.4. The number of benzene rings is 1. The molecule has 0 saturated carbocycles. The van der Waals surface area contributed by atoms with E-state index in [1.165, 1.54) is 12.8 Å². The number of piperidine rings is 1. The highest BCUT2D eigenvalue weighted by Crippen LogP contribution is 2.32. The Bertz CT molecular complexity index is 857.